The Morgan fingerprint density at radius 1 is 1.14 bits per heavy atom. The first-order chi connectivity index (χ1) is 13.3. The standard InChI is InChI=1S/C20H18N2O6/c1-12-6-7-16-17(10-12)20(25)21(19(16)24)9-8-18(23)28-13(2)14-4-3-5-15(11-14)22(26)27/h3-7,10-11,13H,8-9H2,1-2H3. The van der Waals surface area contributed by atoms with E-state index in [1.807, 2.05) is 6.92 Å². The van der Waals surface area contributed by atoms with E-state index in [4.69, 9.17) is 4.74 Å². The molecular formula is C20H18N2O6. The van der Waals surface area contributed by atoms with Crippen LogP contribution in [0.5, 0.6) is 0 Å². The third-order valence-electron chi connectivity index (χ3n) is 4.52. The van der Waals surface area contributed by atoms with Crippen LogP contribution in [-0.2, 0) is 9.53 Å². The number of rotatable bonds is 6. The van der Waals surface area contributed by atoms with Gasteiger partial charge in [0.1, 0.15) is 6.10 Å². The lowest BCUT2D eigenvalue weighted by Crippen LogP contribution is -2.32. The van der Waals surface area contributed by atoms with E-state index < -0.39 is 28.8 Å². The topological polar surface area (TPSA) is 107 Å². The summed E-state index contributed by atoms with van der Waals surface area (Å²) in [4.78, 5) is 48.3. The monoisotopic (exact) mass is 382 g/mol. The minimum atomic E-state index is -0.697. The van der Waals surface area contributed by atoms with E-state index in [1.54, 1.807) is 31.2 Å². The molecule has 0 saturated heterocycles. The summed E-state index contributed by atoms with van der Waals surface area (Å²) in [6.07, 6.45) is -0.860. The molecule has 144 valence electrons. The molecule has 0 bridgehead atoms. The van der Waals surface area contributed by atoms with Gasteiger partial charge in [0.25, 0.3) is 17.5 Å². The van der Waals surface area contributed by atoms with Gasteiger partial charge in [-0.25, -0.2) is 0 Å². The number of ether oxygens (including phenoxy) is 1. The molecule has 1 atom stereocenters. The SMILES string of the molecule is Cc1ccc2c(c1)C(=O)N(CCC(=O)OC(C)c1cccc([N+](=O)[O-])c1)C2=O. The van der Waals surface area contributed by atoms with E-state index in [0.29, 0.717) is 16.7 Å². The predicted molar refractivity (Wildman–Crippen MR) is 98.8 cm³/mol. The van der Waals surface area contributed by atoms with Gasteiger partial charge in [0.05, 0.1) is 22.5 Å². The number of carbonyl (C=O) groups is 3. The smallest absolute Gasteiger partial charge is 0.308 e. The van der Waals surface area contributed by atoms with E-state index in [-0.39, 0.29) is 18.7 Å². The van der Waals surface area contributed by atoms with Crippen molar-refractivity contribution in [2.45, 2.75) is 26.4 Å². The van der Waals surface area contributed by atoms with Gasteiger partial charge in [0.15, 0.2) is 0 Å². The average Bonchev–Trinajstić information content (AvgIpc) is 2.90. The van der Waals surface area contributed by atoms with E-state index >= 15 is 0 Å². The predicted octanol–water partition coefficient (Wildman–Crippen LogP) is 3.19. The fourth-order valence-electron chi connectivity index (χ4n) is 3.03. The summed E-state index contributed by atoms with van der Waals surface area (Å²) in [6, 6.07) is 10.8. The highest BCUT2D eigenvalue weighted by Gasteiger charge is 2.35. The van der Waals surface area contributed by atoms with Crippen molar-refractivity contribution in [2.75, 3.05) is 6.54 Å². The van der Waals surface area contributed by atoms with Crippen LogP contribution in [0.4, 0.5) is 5.69 Å². The second-order valence-corrected chi connectivity index (χ2v) is 6.55. The Morgan fingerprint density at radius 2 is 1.86 bits per heavy atom. The fraction of sp³-hybridized carbons (Fsp3) is 0.250. The van der Waals surface area contributed by atoms with Gasteiger partial charge in [-0.2, -0.15) is 0 Å². The second-order valence-electron chi connectivity index (χ2n) is 6.55. The van der Waals surface area contributed by atoms with Crippen LogP contribution in [0.15, 0.2) is 42.5 Å². The van der Waals surface area contributed by atoms with Crippen molar-refractivity contribution in [1.29, 1.82) is 0 Å². The second kappa shape index (κ2) is 7.59. The van der Waals surface area contributed by atoms with Crippen molar-refractivity contribution < 1.29 is 24.0 Å². The average molecular weight is 382 g/mol. The van der Waals surface area contributed by atoms with Gasteiger partial charge in [0.2, 0.25) is 0 Å². The van der Waals surface area contributed by atoms with E-state index in [0.717, 1.165) is 10.5 Å². The molecule has 8 heteroatoms. The molecule has 3 rings (SSSR count). The number of carbonyl (C=O) groups excluding carboxylic acids is 3. The number of amides is 2. The lowest BCUT2D eigenvalue weighted by Gasteiger charge is -2.16. The van der Waals surface area contributed by atoms with Crippen LogP contribution in [0.3, 0.4) is 0 Å². The molecule has 1 heterocycles. The number of non-ortho nitro benzene ring substituents is 1. The van der Waals surface area contributed by atoms with Gasteiger partial charge in [-0.15, -0.1) is 0 Å². The van der Waals surface area contributed by atoms with Crippen LogP contribution in [0, 0.1) is 17.0 Å². The van der Waals surface area contributed by atoms with Crippen molar-refractivity contribution in [3.8, 4) is 0 Å². The first-order valence-corrected chi connectivity index (χ1v) is 8.68. The van der Waals surface area contributed by atoms with E-state index in [9.17, 15) is 24.5 Å². The summed E-state index contributed by atoms with van der Waals surface area (Å²) in [5, 5.41) is 10.9. The van der Waals surface area contributed by atoms with Crippen LogP contribution in [0.25, 0.3) is 0 Å². The Balaban J connectivity index is 1.60. The van der Waals surface area contributed by atoms with E-state index in [1.165, 1.54) is 18.2 Å². The summed E-state index contributed by atoms with van der Waals surface area (Å²) >= 11 is 0. The van der Waals surface area contributed by atoms with Gasteiger partial charge >= 0.3 is 5.97 Å². The number of nitro groups is 1. The number of aryl methyl sites for hydroxylation is 1. The first-order valence-electron chi connectivity index (χ1n) is 8.68. The Morgan fingerprint density at radius 3 is 2.57 bits per heavy atom. The highest BCUT2D eigenvalue weighted by molar-refractivity contribution is 6.21. The number of benzene rings is 2. The van der Waals surface area contributed by atoms with Gasteiger partial charge in [-0.05, 0) is 31.5 Å². The number of esters is 1. The fourth-order valence-corrected chi connectivity index (χ4v) is 3.03. The zero-order valence-corrected chi connectivity index (χ0v) is 15.4. The largest absolute Gasteiger partial charge is 0.458 e. The molecule has 1 aliphatic rings. The summed E-state index contributed by atoms with van der Waals surface area (Å²) in [7, 11) is 0. The maximum absolute atomic E-state index is 12.4. The van der Waals surface area contributed by atoms with Gasteiger partial charge < -0.3 is 4.74 Å². The van der Waals surface area contributed by atoms with Crippen LogP contribution < -0.4 is 0 Å². The minimum Gasteiger partial charge on any atom is -0.458 e. The zero-order chi connectivity index (χ0) is 20.4. The molecule has 1 aliphatic heterocycles. The van der Waals surface area contributed by atoms with Crippen molar-refractivity contribution in [3.05, 3.63) is 74.8 Å². The van der Waals surface area contributed by atoms with Crippen molar-refractivity contribution in [1.82, 2.24) is 4.90 Å². The molecule has 2 aromatic rings. The molecule has 0 aliphatic carbocycles. The molecular weight excluding hydrogens is 364 g/mol. The molecule has 0 N–H and O–H groups in total. The number of nitrogens with zero attached hydrogens (tertiary/aromatic N) is 2. The lowest BCUT2D eigenvalue weighted by molar-refractivity contribution is -0.385. The third kappa shape index (κ3) is 3.75. The number of fused-ring (bicyclic) bond motifs is 1. The third-order valence-corrected chi connectivity index (χ3v) is 4.52. The first kappa shape index (κ1) is 19.2. The van der Waals surface area contributed by atoms with Crippen molar-refractivity contribution in [2.24, 2.45) is 0 Å². The lowest BCUT2D eigenvalue weighted by atomic mass is 10.1. The Kier molecular flexibility index (Phi) is 5.21. The molecule has 2 aromatic carbocycles. The van der Waals surface area contributed by atoms with Crippen LogP contribution in [-0.4, -0.2) is 34.2 Å². The van der Waals surface area contributed by atoms with Crippen LogP contribution in [0.1, 0.15) is 51.3 Å². The molecule has 0 spiro atoms. The highest BCUT2D eigenvalue weighted by atomic mass is 16.6. The normalized spacial score (nSPS) is 14.0. The molecule has 8 nitrogen and oxygen atoms in total. The maximum atomic E-state index is 12.4. The van der Waals surface area contributed by atoms with Crippen LogP contribution >= 0.6 is 0 Å². The minimum absolute atomic E-state index is 0.0914. The van der Waals surface area contributed by atoms with Gasteiger partial charge in [-0.3, -0.25) is 29.4 Å². The Bertz CT molecular complexity index is 984. The number of imide groups is 1. The van der Waals surface area contributed by atoms with E-state index in [2.05, 4.69) is 0 Å². The Labute approximate surface area is 160 Å². The molecule has 0 saturated carbocycles. The highest BCUT2D eigenvalue weighted by Crippen LogP contribution is 2.25. The van der Waals surface area contributed by atoms with Gasteiger partial charge in [-0.1, -0.05) is 23.8 Å². The number of hydrogen-bond donors (Lipinski definition) is 0. The molecule has 0 radical (unpaired) electrons. The molecule has 0 aromatic heterocycles. The zero-order valence-electron chi connectivity index (χ0n) is 15.4. The summed E-state index contributed by atoms with van der Waals surface area (Å²) in [5.74, 6) is -1.46. The summed E-state index contributed by atoms with van der Waals surface area (Å²) in [5.41, 5.74) is 1.92. The quantitative estimate of drug-likeness (QED) is 0.329. The number of nitro benzene ring substituents is 1. The van der Waals surface area contributed by atoms with Gasteiger partial charge in [0, 0.05) is 18.7 Å². The van der Waals surface area contributed by atoms with Crippen LogP contribution in [0.2, 0.25) is 0 Å². The number of hydrogen-bond acceptors (Lipinski definition) is 6. The van der Waals surface area contributed by atoms with Crippen molar-refractivity contribution >= 4 is 23.5 Å². The Hall–Kier alpha value is -3.55. The summed E-state index contributed by atoms with van der Waals surface area (Å²) < 4.78 is 5.29. The maximum Gasteiger partial charge on any atom is 0.308 e. The molecule has 0 fully saturated rings. The molecule has 28 heavy (non-hydrogen) atoms. The van der Waals surface area contributed by atoms with Crippen molar-refractivity contribution in [3.63, 3.8) is 0 Å². The molecule has 1 unspecified atom stereocenters. The molecule has 2 amide bonds. The summed E-state index contributed by atoms with van der Waals surface area (Å²) in [6.45, 7) is 3.33.